The number of hydrazone groups is 1. The summed E-state index contributed by atoms with van der Waals surface area (Å²) in [6, 6.07) is 18.8. The second-order valence-corrected chi connectivity index (χ2v) is 8.65. The molecule has 0 aliphatic carbocycles. The number of fused-ring (bicyclic) bond motifs is 4. The molecule has 3 aliphatic heterocycles. The molecule has 2 fully saturated rings. The van der Waals surface area contributed by atoms with Gasteiger partial charge in [-0.2, -0.15) is 5.10 Å². The van der Waals surface area contributed by atoms with Gasteiger partial charge < -0.3 is 4.74 Å². The van der Waals surface area contributed by atoms with E-state index in [-0.39, 0.29) is 17.6 Å². The molecule has 7 heteroatoms. The van der Waals surface area contributed by atoms with Crippen LogP contribution in [0.2, 0.25) is 0 Å². The molecule has 1 unspecified atom stereocenters. The molecule has 3 aromatic carbocycles. The second kappa shape index (κ2) is 7.66. The Morgan fingerprint density at radius 3 is 2.41 bits per heavy atom. The Morgan fingerprint density at radius 2 is 1.65 bits per heavy atom. The molecule has 0 saturated carbocycles. The molecule has 0 spiro atoms. The van der Waals surface area contributed by atoms with E-state index in [0.717, 1.165) is 10.8 Å². The van der Waals surface area contributed by atoms with Gasteiger partial charge in [-0.25, -0.2) is 4.90 Å². The molecule has 2 amide bonds. The molecule has 0 bridgehead atoms. The van der Waals surface area contributed by atoms with Crippen molar-refractivity contribution in [3.63, 3.8) is 0 Å². The van der Waals surface area contributed by atoms with Crippen molar-refractivity contribution in [2.45, 2.75) is 12.1 Å². The molecular weight excluding hydrogens is 430 g/mol. The van der Waals surface area contributed by atoms with Crippen LogP contribution in [0.4, 0.5) is 5.69 Å². The van der Waals surface area contributed by atoms with Crippen LogP contribution >= 0.6 is 0 Å². The Labute approximate surface area is 195 Å². The fourth-order valence-electron chi connectivity index (χ4n) is 5.33. The molecular formula is C27H21N3O4. The maximum absolute atomic E-state index is 13.8. The van der Waals surface area contributed by atoms with Crippen LogP contribution in [0, 0.1) is 11.8 Å². The number of hydrogen-bond donors (Lipinski definition) is 0. The van der Waals surface area contributed by atoms with E-state index in [4.69, 9.17) is 4.74 Å². The Hall–Kier alpha value is -4.26. The largest absolute Gasteiger partial charge is 0.497 e. The summed E-state index contributed by atoms with van der Waals surface area (Å²) in [7, 11) is 1.56. The summed E-state index contributed by atoms with van der Waals surface area (Å²) >= 11 is 0. The smallest absolute Gasteiger partial charge is 0.240 e. The molecule has 7 nitrogen and oxygen atoms in total. The molecule has 168 valence electrons. The summed E-state index contributed by atoms with van der Waals surface area (Å²) in [5, 5.41) is 7.98. The van der Waals surface area contributed by atoms with E-state index in [1.165, 1.54) is 4.90 Å². The summed E-state index contributed by atoms with van der Waals surface area (Å²) in [5.41, 5.74) is 0.966. The highest BCUT2D eigenvalue weighted by Gasteiger charge is 2.64. The SMILES string of the molecule is COc1ccc(C(=O)[C@@H]2[C@@H]3C(=O)N(c4ccc5ccccc5c4)C(=O)[C@@H]3C3C=CC=NN32)cc1. The van der Waals surface area contributed by atoms with Gasteiger partial charge in [-0.05, 0) is 53.2 Å². The average Bonchev–Trinajstić information content (AvgIpc) is 3.35. The molecule has 0 N–H and O–H groups in total. The highest BCUT2D eigenvalue weighted by Crippen LogP contribution is 2.46. The van der Waals surface area contributed by atoms with Gasteiger partial charge in [-0.15, -0.1) is 0 Å². The molecule has 6 rings (SSSR count). The maximum Gasteiger partial charge on any atom is 0.240 e. The van der Waals surface area contributed by atoms with Gasteiger partial charge in [0.25, 0.3) is 0 Å². The predicted molar refractivity (Wildman–Crippen MR) is 128 cm³/mol. The third-order valence-electron chi connectivity index (χ3n) is 6.93. The first-order valence-electron chi connectivity index (χ1n) is 11.1. The third-order valence-corrected chi connectivity index (χ3v) is 6.93. The number of amides is 2. The number of carbonyl (C=O) groups is 3. The maximum atomic E-state index is 13.8. The van der Waals surface area contributed by atoms with Gasteiger partial charge >= 0.3 is 0 Å². The zero-order valence-electron chi connectivity index (χ0n) is 18.4. The number of imide groups is 1. The van der Waals surface area contributed by atoms with Gasteiger partial charge in [0.15, 0.2) is 5.78 Å². The molecule has 4 atom stereocenters. The summed E-state index contributed by atoms with van der Waals surface area (Å²) in [5.74, 6) is -1.78. The summed E-state index contributed by atoms with van der Waals surface area (Å²) in [4.78, 5) is 42.3. The van der Waals surface area contributed by atoms with Crippen LogP contribution in [0.15, 0.2) is 84.0 Å². The molecule has 2 saturated heterocycles. The van der Waals surface area contributed by atoms with E-state index in [1.54, 1.807) is 54.7 Å². The number of allylic oxidation sites excluding steroid dienone is 1. The standard InChI is InChI=1S/C27H21N3O4/c1-34-20-12-9-17(10-13-20)25(31)24-23-22(21-7-4-14-28-30(21)24)26(32)29(27(23)33)19-11-8-16-5-2-3-6-18(16)15-19/h2-15,21-24H,1H3/t21?,22-,23-,24+/m1/s1. The minimum Gasteiger partial charge on any atom is -0.497 e. The van der Waals surface area contributed by atoms with Crippen LogP contribution in [0.5, 0.6) is 5.75 Å². The van der Waals surface area contributed by atoms with Crippen molar-refractivity contribution in [1.82, 2.24) is 5.01 Å². The minimum atomic E-state index is -0.869. The van der Waals surface area contributed by atoms with Crippen LogP contribution in [0.3, 0.4) is 0 Å². The molecule has 0 radical (unpaired) electrons. The van der Waals surface area contributed by atoms with E-state index >= 15 is 0 Å². The Morgan fingerprint density at radius 1 is 0.912 bits per heavy atom. The summed E-state index contributed by atoms with van der Waals surface area (Å²) in [6.07, 6.45) is 5.19. The van der Waals surface area contributed by atoms with Gasteiger partial charge in [0.2, 0.25) is 11.8 Å². The highest BCUT2D eigenvalue weighted by atomic mass is 16.5. The zero-order valence-corrected chi connectivity index (χ0v) is 18.4. The summed E-state index contributed by atoms with van der Waals surface area (Å²) < 4.78 is 5.19. The first-order chi connectivity index (χ1) is 16.6. The van der Waals surface area contributed by atoms with E-state index in [9.17, 15) is 14.4 Å². The topological polar surface area (TPSA) is 79.3 Å². The van der Waals surface area contributed by atoms with Crippen molar-refractivity contribution in [2.75, 3.05) is 12.0 Å². The number of rotatable bonds is 4. The normalized spacial score (nSPS) is 25.1. The van der Waals surface area contributed by atoms with Gasteiger partial charge in [-0.1, -0.05) is 36.4 Å². The second-order valence-electron chi connectivity index (χ2n) is 8.65. The predicted octanol–water partition coefficient (Wildman–Crippen LogP) is 3.45. The van der Waals surface area contributed by atoms with E-state index in [0.29, 0.717) is 17.0 Å². The average molecular weight is 451 g/mol. The fraction of sp³-hybridized carbons (Fsp3) is 0.185. The lowest BCUT2D eigenvalue weighted by molar-refractivity contribution is -0.123. The van der Waals surface area contributed by atoms with Gasteiger partial charge in [0.05, 0.1) is 30.7 Å². The number of ketones is 1. The minimum absolute atomic E-state index is 0.242. The summed E-state index contributed by atoms with van der Waals surface area (Å²) in [6.45, 7) is 0. The van der Waals surface area contributed by atoms with E-state index in [2.05, 4.69) is 5.10 Å². The Balaban J connectivity index is 1.41. The molecule has 34 heavy (non-hydrogen) atoms. The van der Waals surface area contributed by atoms with Crippen molar-refractivity contribution < 1.29 is 19.1 Å². The van der Waals surface area contributed by atoms with Crippen molar-refractivity contribution >= 4 is 40.3 Å². The number of anilines is 1. The Kier molecular flexibility index (Phi) is 4.58. The number of nitrogens with zero attached hydrogens (tertiary/aromatic N) is 3. The van der Waals surface area contributed by atoms with Crippen LogP contribution in [-0.4, -0.2) is 48.0 Å². The Bertz CT molecular complexity index is 1390. The van der Waals surface area contributed by atoms with Crippen molar-refractivity contribution in [3.05, 3.63) is 84.4 Å². The number of ether oxygens (including phenoxy) is 1. The van der Waals surface area contributed by atoms with Crippen molar-refractivity contribution in [1.29, 1.82) is 0 Å². The molecule has 3 aliphatic rings. The van der Waals surface area contributed by atoms with Crippen LogP contribution < -0.4 is 9.64 Å². The third kappa shape index (κ3) is 2.90. The highest BCUT2D eigenvalue weighted by molar-refractivity contribution is 6.25. The van der Waals surface area contributed by atoms with Gasteiger partial charge in [0, 0.05) is 11.8 Å². The quantitative estimate of drug-likeness (QED) is 0.449. The van der Waals surface area contributed by atoms with Gasteiger partial charge in [-0.3, -0.25) is 19.4 Å². The molecule has 3 heterocycles. The van der Waals surface area contributed by atoms with Crippen molar-refractivity contribution in [2.24, 2.45) is 16.9 Å². The first-order valence-corrected chi connectivity index (χ1v) is 11.1. The lowest BCUT2D eigenvalue weighted by atomic mass is 9.86. The first kappa shape index (κ1) is 20.4. The fourth-order valence-corrected chi connectivity index (χ4v) is 5.33. The molecule has 0 aromatic heterocycles. The number of benzene rings is 3. The van der Waals surface area contributed by atoms with Gasteiger partial charge in [0.1, 0.15) is 11.8 Å². The number of methoxy groups -OCH3 is 1. The lowest BCUT2D eigenvalue weighted by Gasteiger charge is -2.30. The van der Waals surface area contributed by atoms with Crippen LogP contribution in [-0.2, 0) is 9.59 Å². The number of Topliss-reactive ketones (excluding diaryl/α,β-unsaturated/α-hetero) is 1. The zero-order chi connectivity index (χ0) is 23.4. The monoisotopic (exact) mass is 451 g/mol. The lowest BCUT2D eigenvalue weighted by Crippen LogP contribution is -2.46. The van der Waals surface area contributed by atoms with E-state index in [1.807, 2.05) is 42.5 Å². The molecule has 3 aromatic rings. The van der Waals surface area contributed by atoms with Crippen molar-refractivity contribution in [3.8, 4) is 5.75 Å². The number of hydrogen-bond acceptors (Lipinski definition) is 6. The van der Waals surface area contributed by atoms with Crippen LogP contribution in [0.25, 0.3) is 10.8 Å². The van der Waals surface area contributed by atoms with Crippen LogP contribution in [0.1, 0.15) is 10.4 Å². The number of carbonyl (C=O) groups excluding carboxylic acids is 3. The van der Waals surface area contributed by atoms with E-state index < -0.39 is 23.9 Å².